The maximum Gasteiger partial charge on any atom is 0.122 e. The van der Waals surface area contributed by atoms with Gasteiger partial charge in [-0.15, -0.1) is 0 Å². The molecule has 1 saturated heterocycles. The molecule has 1 aromatic heterocycles. The van der Waals surface area contributed by atoms with Crippen LogP contribution in [0.25, 0.3) is 0 Å². The third-order valence-electron chi connectivity index (χ3n) is 4.38. The molecule has 6 heteroatoms. The summed E-state index contributed by atoms with van der Waals surface area (Å²) in [6, 6.07) is 4.91. The molecule has 0 amide bonds. The molecule has 2 atom stereocenters. The van der Waals surface area contributed by atoms with Crippen molar-refractivity contribution in [2.75, 3.05) is 26.2 Å². The van der Waals surface area contributed by atoms with Crippen LogP contribution in [0.1, 0.15) is 25.6 Å². The average Bonchev–Trinajstić information content (AvgIpc) is 2.91. The topological polar surface area (TPSA) is 71.9 Å². The fraction of sp³-hybridized carbons (Fsp3) is 0.688. The second-order valence-electron chi connectivity index (χ2n) is 6.06. The Balaban J connectivity index is 1.83. The number of aryl methyl sites for hydroxylation is 1. The van der Waals surface area contributed by atoms with Crippen molar-refractivity contribution in [2.24, 2.45) is 13.0 Å². The molecule has 1 aliphatic heterocycles. The summed E-state index contributed by atoms with van der Waals surface area (Å²) in [7, 11) is 2.02. The van der Waals surface area contributed by atoms with Crippen molar-refractivity contribution in [1.82, 2.24) is 19.4 Å². The lowest BCUT2D eigenvalue weighted by Gasteiger charge is -2.40. The third-order valence-corrected chi connectivity index (χ3v) is 4.38. The van der Waals surface area contributed by atoms with Crippen LogP contribution in [0, 0.1) is 28.6 Å². The fourth-order valence-electron chi connectivity index (χ4n) is 2.95. The molecule has 1 fully saturated rings. The van der Waals surface area contributed by atoms with E-state index in [0.717, 1.165) is 38.5 Å². The first-order chi connectivity index (χ1) is 10.6. The van der Waals surface area contributed by atoms with E-state index in [4.69, 9.17) is 5.26 Å². The quantitative estimate of drug-likeness (QED) is 0.793. The highest BCUT2D eigenvalue weighted by atomic mass is 15.3. The Bertz CT molecular complexity index is 552. The average molecular weight is 300 g/mol. The summed E-state index contributed by atoms with van der Waals surface area (Å²) in [5.74, 6) is 1.05. The number of nitrogens with zero attached hydrogens (tertiary/aromatic N) is 6. The minimum Gasteiger partial charge on any atom is -0.337 e. The van der Waals surface area contributed by atoms with E-state index in [1.165, 1.54) is 0 Å². The smallest absolute Gasteiger partial charge is 0.122 e. The van der Waals surface area contributed by atoms with Gasteiger partial charge >= 0.3 is 0 Å². The third kappa shape index (κ3) is 4.30. The predicted molar refractivity (Wildman–Crippen MR) is 83.5 cm³/mol. The molecule has 1 aromatic rings. The molecule has 0 spiro atoms. The summed E-state index contributed by atoms with van der Waals surface area (Å²) in [6.07, 6.45) is 4.95. The molecule has 0 aromatic carbocycles. The number of imidazole rings is 1. The molecule has 22 heavy (non-hydrogen) atoms. The molecule has 2 rings (SSSR count). The lowest BCUT2D eigenvalue weighted by Crippen LogP contribution is -2.52. The van der Waals surface area contributed by atoms with Gasteiger partial charge in [-0.25, -0.2) is 4.98 Å². The molecule has 0 aliphatic carbocycles. The number of piperazine rings is 1. The Hall–Kier alpha value is -1.89. The van der Waals surface area contributed by atoms with E-state index >= 15 is 0 Å². The molecule has 6 nitrogen and oxygen atoms in total. The Kier molecular flexibility index (Phi) is 5.94. The fourth-order valence-corrected chi connectivity index (χ4v) is 2.95. The van der Waals surface area contributed by atoms with Gasteiger partial charge in [0.25, 0.3) is 0 Å². The molecule has 0 bridgehead atoms. The summed E-state index contributed by atoms with van der Waals surface area (Å²) in [5, 5.41) is 17.8. The van der Waals surface area contributed by atoms with Crippen molar-refractivity contribution >= 4 is 0 Å². The van der Waals surface area contributed by atoms with Gasteiger partial charge in [-0.3, -0.25) is 9.80 Å². The van der Waals surface area contributed by atoms with Crippen LogP contribution in [0.4, 0.5) is 0 Å². The van der Waals surface area contributed by atoms with Gasteiger partial charge in [0.2, 0.25) is 0 Å². The van der Waals surface area contributed by atoms with E-state index in [0.29, 0.717) is 18.9 Å². The van der Waals surface area contributed by atoms with Gasteiger partial charge in [0.15, 0.2) is 0 Å². The standard InChI is InChI=1S/C16H24N6/c1-14-11-21(12-15(10-18)4-3-5-17)8-9-22(14)13-16-19-6-7-20(16)2/h6-7,14-15H,3-4,8-9,11-13H2,1-2H3/t14-,15-/m1/s1. The van der Waals surface area contributed by atoms with Gasteiger partial charge in [0.1, 0.15) is 5.82 Å². The van der Waals surface area contributed by atoms with Crippen LogP contribution < -0.4 is 0 Å². The van der Waals surface area contributed by atoms with Gasteiger partial charge in [-0.1, -0.05) is 0 Å². The van der Waals surface area contributed by atoms with Gasteiger partial charge in [0, 0.05) is 58.1 Å². The second kappa shape index (κ2) is 7.93. The van der Waals surface area contributed by atoms with E-state index in [1.54, 1.807) is 0 Å². The molecule has 118 valence electrons. The zero-order chi connectivity index (χ0) is 15.9. The number of hydrogen-bond donors (Lipinski definition) is 0. The summed E-state index contributed by atoms with van der Waals surface area (Å²) < 4.78 is 2.06. The predicted octanol–water partition coefficient (Wildman–Crippen LogP) is 1.37. The minimum absolute atomic E-state index is 0.0343. The van der Waals surface area contributed by atoms with Gasteiger partial charge in [-0.05, 0) is 13.3 Å². The van der Waals surface area contributed by atoms with Crippen LogP contribution in [-0.4, -0.2) is 51.6 Å². The van der Waals surface area contributed by atoms with Crippen LogP contribution in [-0.2, 0) is 13.6 Å². The molecule has 0 saturated carbocycles. The Morgan fingerprint density at radius 1 is 1.41 bits per heavy atom. The van der Waals surface area contributed by atoms with Crippen LogP contribution in [0.3, 0.4) is 0 Å². The Morgan fingerprint density at radius 3 is 2.82 bits per heavy atom. The molecular formula is C16H24N6. The number of rotatable bonds is 6. The monoisotopic (exact) mass is 300 g/mol. The van der Waals surface area contributed by atoms with Crippen molar-refractivity contribution in [2.45, 2.75) is 32.4 Å². The van der Waals surface area contributed by atoms with Crippen LogP contribution in [0.15, 0.2) is 12.4 Å². The normalized spacial score (nSPS) is 21.2. The van der Waals surface area contributed by atoms with E-state index in [2.05, 4.69) is 38.4 Å². The summed E-state index contributed by atoms with van der Waals surface area (Å²) in [4.78, 5) is 9.18. The van der Waals surface area contributed by atoms with E-state index in [9.17, 15) is 5.26 Å². The lowest BCUT2D eigenvalue weighted by molar-refractivity contribution is 0.0691. The second-order valence-corrected chi connectivity index (χ2v) is 6.06. The summed E-state index contributed by atoms with van der Waals surface area (Å²) >= 11 is 0. The van der Waals surface area contributed by atoms with Crippen molar-refractivity contribution in [3.8, 4) is 12.1 Å². The molecular weight excluding hydrogens is 276 g/mol. The molecule has 0 N–H and O–H groups in total. The molecule has 0 unspecified atom stereocenters. The van der Waals surface area contributed by atoms with Crippen LogP contribution in [0.5, 0.6) is 0 Å². The van der Waals surface area contributed by atoms with Crippen LogP contribution in [0.2, 0.25) is 0 Å². The summed E-state index contributed by atoms with van der Waals surface area (Å²) in [6.45, 7) is 6.80. The molecule has 2 heterocycles. The van der Waals surface area contributed by atoms with Crippen molar-refractivity contribution in [3.63, 3.8) is 0 Å². The number of aromatic nitrogens is 2. The molecule has 0 radical (unpaired) electrons. The lowest BCUT2D eigenvalue weighted by atomic mass is 10.0. The van der Waals surface area contributed by atoms with Crippen molar-refractivity contribution < 1.29 is 0 Å². The minimum atomic E-state index is -0.0343. The first-order valence-electron chi connectivity index (χ1n) is 7.83. The first kappa shape index (κ1) is 16.5. The highest BCUT2D eigenvalue weighted by molar-refractivity contribution is 4.94. The Labute approximate surface area is 132 Å². The summed E-state index contributed by atoms with van der Waals surface area (Å²) in [5.41, 5.74) is 0. The number of nitriles is 2. The highest BCUT2D eigenvalue weighted by Gasteiger charge is 2.26. The zero-order valence-corrected chi connectivity index (χ0v) is 13.4. The van der Waals surface area contributed by atoms with Crippen molar-refractivity contribution in [3.05, 3.63) is 18.2 Å². The molecule has 1 aliphatic rings. The largest absolute Gasteiger partial charge is 0.337 e. The van der Waals surface area contributed by atoms with Crippen LogP contribution >= 0.6 is 0 Å². The maximum atomic E-state index is 9.20. The zero-order valence-electron chi connectivity index (χ0n) is 13.4. The SMILES string of the molecule is C[C@@H]1CN(C[C@@H](C#N)CCC#N)CCN1Cc1nccn1C. The van der Waals surface area contributed by atoms with Gasteiger partial charge < -0.3 is 4.57 Å². The highest BCUT2D eigenvalue weighted by Crippen LogP contribution is 2.15. The van der Waals surface area contributed by atoms with Gasteiger partial charge in [-0.2, -0.15) is 10.5 Å². The van der Waals surface area contributed by atoms with Gasteiger partial charge in [0.05, 0.1) is 24.6 Å². The van der Waals surface area contributed by atoms with Crippen molar-refractivity contribution in [1.29, 1.82) is 10.5 Å². The van der Waals surface area contributed by atoms with E-state index in [1.807, 2.05) is 19.4 Å². The Morgan fingerprint density at radius 2 is 2.23 bits per heavy atom. The number of hydrogen-bond acceptors (Lipinski definition) is 5. The first-order valence-corrected chi connectivity index (χ1v) is 7.83. The van der Waals surface area contributed by atoms with E-state index < -0.39 is 0 Å². The van der Waals surface area contributed by atoms with E-state index in [-0.39, 0.29) is 5.92 Å². The maximum absolute atomic E-state index is 9.20.